The summed E-state index contributed by atoms with van der Waals surface area (Å²) < 4.78 is 47.0. The molecular weight excluding hydrogens is 771 g/mol. The molecule has 20 nitrogen and oxygen atoms in total. The Morgan fingerprint density at radius 2 is 1.71 bits per heavy atom. The Balaban J connectivity index is 1.28. The highest BCUT2D eigenvalue weighted by atomic mass is 31.2. The molecule has 6 rings (SSSR count). The van der Waals surface area contributed by atoms with Crippen LogP contribution < -0.4 is 21.5 Å². The average Bonchev–Trinajstić information content (AvgIpc) is 3.85. The van der Waals surface area contributed by atoms with Crippen LogP contribution in [0.4, 0.5) is 11.5 Å². The number of rotatable bonds is 14. The number of nitro groups is 1. The molecule has 2 fully saturated rings. The SMILES string of the molecule is CC(=O)O[C@H]1C[C@H](n2cc(C)c(=O)[nH]c2=O)O[C@@H]1COP(Oc1ccc([N+](=O)[O-])cc1)O[C@H]1C[C@H](n2cnc3c(N)ncnc32)O[C@@H]1CO[Si](C)(C)C(C)(C)C. The van der Waals surface area contributed by atoms with Gasteiger partial charge in [-0.15, -0.1) is 0 Å². The van der Waals surface area contributed by atoms with Crippen molar-refractivity contribution in [1.29, 1.82) is 0 Å². The zero-order valence-electron chi connectivity index (χ0n) is 31.9. The number of anilines is 1. The summed E-state index contributed by atoms with van der Waals surface area (Å²) in [5.41, 5.74) is 5.87. The zero-order valence-corrected chi connectivity index (χ0v) is 33.8. The number of hydrogen-bond acceptors (Lipinski definition) is 16. The lowest BCUT2D eigenvalue weighted by molar-refractivity contribution is -0.384. The number of esters is 1. The van der Waals surface area contributed by atoms with Crippen LogP contribution in [-0.2, 0) is 32.5 Å². The van der Waals surface area contributed by atoms with Crippen molar-refractivity contribution in [3.05, 3.63) is 79.6 Å². The summed E-state index contributed by atoms with van der Waals surface area (Å²) in [6.07, 6.45) is 0.0715. The molecule has 0 spiro atoms. The monoisotopic (exact) mass is 816 g/mol. The Bertz CT molecular complexity index is 2170. The van der Waals surface area contributed by atoms with E-state index in [9.17, 15) is 24.5 Å². The van der Waals surface area contributed by atoms with Gasteiger partial charge in [-0.3, -0.25) is 42.9 Å². The van der Waals surface area contributed by atoms with Gasteiger partial charge in [0.15, 0.2) is 19.8 Å². The van der Waals surface area contributed by atoms with Crippen molar-refractivity contribution >= 4 is 45.6 Å². The lowest BCUT2D eigenvalue weighted by atomic mass is 10.2. The number of nitrogens with one attached hydrogen (secondary N) is 1. The molecule has 0 saturated carbocycles. The maximum Gasteiger partial charge on any atom is 0.397 e. The fraction of sp³-hybridized carbons (Fsp3) is 0.529. The van der Waals surface area contributed by atoms with Crippen molar-refractivity contribution in [2.75, 3.05) is 18.9 Å². The summed E-state index contributed by atoms with van der Waals surface area (Å²) in [7, 11) is -4.58. The fourth-order valence-corrected chi connectivity index (χ4v) is 8.09. The van der Waals surface area contributed by atoms with Crippen LogP contribution in [0, 0.1) is 17.0 Å². The van der Waals surface area contributed by atoms with Crippen molar-refractivity contribution < 1.29 is 41.9 Å². The van der Waals surface area contributed by atoms with E-state index in [1.807, 2.05) is 0 Å². The van der Waals surface area contributed by atoms with Crippen LogP contribution in [-0.4, -0.2) is 85.9 Å². The molecule has 2 aliphatic rings. The Kier molecular flexibility index (Phi) is 12.1. The van der Waals surface area contributed by atoms with Crippen molar-refractivity contribution in [3.63, 3.8) is 0 Å². The summed E-state index contributed by atoms with van der Waals surface area (Å²) in [5.74, 6) is -0.140. The first-order valence-electron chi connectivity index (χ1n) is 17.8. The number of aryl methyl sites for hydroxylation is 1. The van der Waals surface area contributed by atoms with Gasteiger partial charge in [0.05, 0.1) is 24.5 Å². The van der Waals surface area contributed by atoms with Gasteiger partial charge < -0.3 is 28.9 Å². The highest BCUT2D eigenvalue weighted by Gasteiger charge is 2.45. The molecule has 1 aromatic carbocycles. The number of ether oxygens (including phenoxy) is 3. The Hall–Kier alpha value is -4.63. The van der Waals surface area contributed by atoms with Crippen LogP contribution in [0.5, 0.6) is 5.75 Å². The van der Waals surface area contributed by atoms with Gasteiger partial charge in [-0.25, -0.2) is 19.7 Å². The molecule has 7 atom stereocenters. The number of aromatic amines is 1. The van der Waals surface area contributed by atoms with Crippen molar-refractivity contribution in [2.45, 2.75) is 102 Å². The number of aromatic nitrogens is 6. The number of nitrogen functional groups attached to an aromatic ring is 1. The van der Waals surface area contributed by atoms with E-state index in [1.54, 1.807) is 17.8 Å². The number of hydrogen-bond donors (Lipinski definition) is 2. The highest BCUT2D eigenvalue weighted by Crippen LogP contribution is 2.48. The van der Waals surface area contributed by atoms with Crippen molar-refractivity contribution in [2.24, 2.45) is 0 Å². The quantitative estimate of drug-likeness (QED) is 0.0588. The van der Waals surface area contributed by atoms with E-state index >= 15 is 0 Å². The summed E-state index contributed by atoms with van der Waals surface area (Å²) in [5, 5.41) is 11.3. The van der Waals surface area contributed by atoms with Crippen molar-refractivity contribution in [1.82, 2.24) is 29.1 Å². The number of nitro benzene ring substituents is 1. The average molecular weight is 817 g/mol. The largest absolute Gasteiger partial charge is 0.460 e. The Labute approximate surface area is 322 Å². The fourth-order valence-electron chi connectivity index (χ4n) is 5.92. The third-order valence-electron chi connectivity index (χ3n) is 10.0. The second kappa shape index (κ2) is 16.5. The molecule has 2 aliphatic heterocycles. The summed E-state index contributed by atoms with van der Waals surface area (Å²) in [6.45, 7) is 13.4. The summed E-state index contributed by atoms with van der Waals surface area (Å²) in [4.78, 5) is 62.8. The van der Waals surface area contributed by atoms with Gasteiger partial charge >= 0.3 is 20.3 Å². The van der Waals surface area contributed by atoms with Gasteiger partial charge in [-0.05, 0) is 37.2 Å². The van der Waals surface area contributed by atoms with E-state index in [2.05, 4.69) is 53.8 Å². The molecule has 1 unspecified atom stereocenters. The van der Waals surface area contributed by atoms with Crippen LogP contribution in [0.2, 0.25) is 18.1 Å². The number of nitrogens with two attached hydrogens (primary N) is 1. The van der Waals surface area contributed by atoms with E-state index in [-0.39, 0.29) is 53.9 Å². The number of H-pyrrole nitrogens is 1. The smallest absolute Gasteiger partial charge is 0.397 e. The molecule has 2 saturated heterocycles. The molecule has 4 aromatic rings. The predicted molar refractivity (Wildman–Crippen MR) is 203 cm³/mol. The lowest BCUT2D eigenvalue weighted by Gasteiger charge is -2.37. The third-order valence-corrected chi connectivity index (χ3v) is 15.7. The van der Waals surface area contributed by atoms with Gasteiger partial charge in [0.2, 0.25) is 0 Å². The molecule has 22 heteroatoms. The van der Waals surface area contributed by atoms with E-state index in [4.69, 9.17) is 37.9 Å². The Morgan fingerprint density at radius 3 is 2.38 bits per heavy atom. The molecule has 3 N–H and O–H groups in total. The Morgan fingerprint density at radius 1 is 1.05 bits per heavy atom. The number of carbonyl (C=O) groups is 1. The van der Waals surface area contributed by atoms with Crippen LogP contribution in [0.25, 0.3) is 11.2 Å². The molecule has 0 radical (unpaired) electrons. The highest BCUT2D eigenvalue weighted by molar-refractivity contribution is 7.42. The van der Waals surface area contributed by atoms with Crippen LogP contribution in [0.15, 0.2) is 52.7 Å². The first kappa shape index (κ1) is 41.0. The van der Waals surface area contributed by atoms with E-state index in [1.165, 1.54) is 48.3 Å². The minimum absolute atomic E-state index is 0.0823. The first-order valence-corrected chi connectivity index (χ1v) is 21.8. The molecule has 0 amide bonds. The van der Waals surface area contributed by atoms with Gasteiger partial charge in [0.1, 0.15) is 54.5 Å². The molecule has 0 aliphatic carbocycles. The van der Waals surface area contributed by atoms with Gasteiger partial charge in [-0.1, -0.05) is 20.8 Å². The molecule has 5 heterocycles. The topological polar surface area (TPSA) is 249 Å². The molecule has 56 heavy (non-hydrogen) atoms. The second-order valence-corrected chi connectivity index (χ2v) is 20.9. The van der Waals surface area contributed by atoms with E-state index in [0.29, 0.717) is 11.2 Å². The van der Waals surface area contributed by atoms with Crippen LogP contribution in [0.1, 0.15) is 58.6 Å². The van der Waals surface area contributed by atoms with Crippen LogP contribution >= 0.6 is 8.60 Å². The standard InChI is InChI=1S/C34H45N8O12PSi/c1-19-14-40(33(45)39-32(19)44)27-12-23(50-20(2)43)25(51-27)15-48-55(53-22-10-8-21(9-11-22)42(46)47)54-24-13-28(41-18-38-29-30(35)36-17-37-31(29)41)52-26(24)16-49-56(6,7)34(3,4)5/h8-11,14,17-18,23-28H,12-13,15-16H2,1-7H3,(H2,35,36,37)(H,39,44,45)/t23-,24-,25+,26+,27+,28+,55?/m0/s1. The maximum atomic E-state index is 12.7. The van der Waals surface area contributed by atoms with Gasteiger partial charge in [0.25, 0.3) is 11.2 Å². The molecule has 302 valence electrons. The lowest BCUT2D eigenvalue weighted by Crippen LogP contribution is -2.44. The number of carbonyl (C=O) groups excluding carboxylic acids is 1. The number of fused-ring (bicyclic) bond motifs is 1. The summed E-state index contributed by atoms with van der Waals surface area (Å²) in [6, 6.07) is 5.41. The van der Waals surface area contributed by atoms with E-state index in [0.717, 1.165) is 0 Å². The minimum atomic E-state index is -2.32. The third kappa shape index (κ3) is 9.15. The van der Waals surface area contributed by atoms with Crippen molar-refractivity contribution in [3.8, 4) is 5.75 Å². The van der Waals surface area contributed by atoms with Crippen LogP contribution in [0.3, 0.4) is 0 Å². The normalized spacial score (nSPS) is 23.3. The maximum absolute atomic E-state index is 12.7. The number of nitrogens with zero attached hydrogens (tertiary/aromatic N) is 6. The predicted octanol–water partition coefficient (Wildman–Crippen LogP) is 4.41. The summed E-state index contributed by atoms with van der Waals surface area (Å²) >= 11 is 0. The van der Waals surface area contributed by atoms with Gasteiger partial charge in [-0.2, -0.15) is 0 Å². The number of non-ortho nitro benzene ring substituents is 1. The number of benzene rings is 1. The van der Waals surface area contributed by atoms with Gasteiger partial charge in [0, 0.05) is 43.7 Å². The zero-order chi connectivity index (χ0) is 40.5. The molecule has 3 aromatic heterocycles. The second-order valence-electron chi connectivity index (χ2n) is 15.0. The number of imidazole rings is 1. The molecular formula is C34H45N8O12PSi. The first-order chi connectivity index (χ1) is 26.4. The molecule has 0 bridgehead atoms. The minimum Gasteiger partial charge on any atom is -0.460 e. The van der Waals surface area contributed by atoms with E-state index < -0.39 is 75.9 Å².